The molecule has 0 aliphatic carbocycles. The lowest BCUT2D eigenvalue weighted by molar-refractivity contribution is 0.189. The van der Waals surface area contributed by atoms with Crippen molar-refractivity contribution in [1.82, 2.24) is 4.90 Å². The second-order valence-corrected chi connectivity index (χ2v) is 6.79. The maximum absolute atomic E-state index is 13.7. The molecule has 25 heavy (non-hydrogen) atoms. The molecule has 1 aliphatic heterocycles. The molecule has 3 nitrogen and oxygen atoms in total. The minimum atomic E-state index is -0.253. The molecule has 1 aliphatic rings. The molecule has 0 radical (unpaired) electrons. The van der Waals surface area contributed by atoms with E-state index >= 15 is 0 Å². The molecule has 1 heterocycles. The van der Waals surface area contributed by atoms with Crippen LogP contribution < -0.4 is 5.32 Å². The van der Waals surface area contributed by atoms with Crippen LogP contribution in [-0.2, 0) is 0 Å². The lowest BCUT2D eigenvalue weighted by atomic mass is 10.0. The summed E-state index contributed by atoms with van der Waals surface area (Å²) in [5.74, 6) is -0.253. The van der Waals surface area contributed by atoms with Gasteiger partial charge < -0.3 is 10.2 Å². The molecular formula is C21H25FN2O. The summed E-state index contributed by atoms with van der Waals surface area (Å²) in [6, 6.07) is 12.3. The van der Waals surface area contributed by atoms with Gasteiger partial charge in [0.1, 0.15) is 5.82 Å². The number of amides is 2. The number of likely N-dealkylation sites (tertiary alicyclic amines) is 1. The second-order valence-electron chi connectivity index (χ2n) is 6.79. The Kier molecular flexibility index (Phi) is 5.37. The summed E-state index contributed by atoms with van der Waals surface area (Å²) in [6.45, 7) is 4.74. The Morgan fingerprint density at radius 3 is 2.72 bits per heavy atom. The third-order valence-electron chi connectivity index (χ3n) is 5.09. The van der Waals surface area contributed by atoms with Gasteiger partial charge in [0.2, 0.25) is 0 Å². The van der Waals surface area contributed by atoms with Crippen LogP contribution in [0.1, 0.15) is 48.4 Å². The summed E-state index contributed by atoms with van der Waals surface area (Å²) >= 11 is 0. The van der Waals surface area contributed by atoms with Gasteiger partial charge in [-0.3, -0.25) is 0 Å². The van der Waals surface area contributed by atoms with Crippen LogP contribution in [0.5, 0.6) is 0 Å². The zero-order valence-corrected chi connectivity index (χ0v) is 14.9. The largest absolute Gasteiger partial charge is 0.322 e. The van der Waals surface area contributed by atoms with Crippen molar-refractivity contribution in [3.8, 4) is 0 Å². The zero-order valence-electron chi connectivity index (χ0n) is 14.9. The maximum Gasteiger partial charge on any atom is 0.322 e. The van der Waals surface area contributed by atoms with Gasteiger partial charge in [-0.2, -0.15) is 0 Å². The zero-order chi connectivity index (χ0) is 17.8. The summed E-state index contributed by atoms with van der Waals surface area (Å²) in [6.07, 6.45) is 3.99. The van der Waals surface area contributed by atoms with Gasteiger partial charge in [-0.25, -0.2) is 9.18 Å². The number of hydrogen-bond acceptors (Lipinski definition) is 1. The highest BCUT2D eigenvalue weighted by Crippen LogP contribution is 2.31. The number of urea groups is 1. The van der Waals surface area contributed by atoms with Gasteiger partial charge >= 0.3 is 6.03 Å². The Balaban J connectivity index is 1.85. The summed E-state index contributed by atoms with van der Waals surface area (Å²) in [4.78, 5) is 14.8. The molecule has 4 heteroatoms. The first-order chi connectivity index (χ1) is 12.1. The standard InChI is InChI=1S/C21H25FN2O/c1-15-8-6-11-19(16(15)2)23-21(25)24-13-5-3-4-12-20(24)17-9-7-10-18(22)14-17/h6-11,14,20H,3-5,12-13H2,1-2H3,(H,23,25)/t20-/m1/s1. The van der Waals surface area contributed by atoms with Crippen molar-refractivity contribution in [2.24, 2.45) is 0 Å². The Morgan fingerprint density at radius 2 is 1.92 bits per heavy atom. The quantitative estimate of drug-likeness (QED) is 0.759. The number of nitrogens with zero attached hydrogens (tertiary/aromatic N) is 1. The van der Waals surface area contributed by atoms with E-state index in [9.17, 15) is 9.18 Å². The summed E-state index contributed by atoms with van der Waals surface area (Å²) in [5, 5.41) is 3.06. The molecule has 2 aromatic rings. The van der Waals surface area contributed by atoms with E-state index in [-0.39, 0.29) is 17.9 Å². The number of hydrogen-bond donors (Lipinski definition) is 1. The topological polar surface area (TPSA) is 32.3 Å². The fourth-order valence-corrected chi connectivity index (χ4v) is 3.49. The van der Waals surface area contributed by atoms with Crippen molar-refractivity contribution in [2.75, 3.05) is 11.9 Å². The third kappa shape index (κ3) is 4.01. The van der Waals surface area contributed by atoms with Gasteiger partial charge in [0.15, 0.2) is 0 Å². The van der Waals surface area contributed by atoms with Crippen LogP contribution in [0.15, 0.2) is 42.5 Å². The van der Waals surface area contributed by atoms with E-state index in [0.717, 1.165) is 48.1 Å². The molecule has 2 aromatic carbocycles. The summed E-state index contributed by atoms with van der Waals surface area (Å²) in [7, 11) is 0. The van der Waals surface area contributed by atoms with Crippen molar-refractivity contribution >= 4 is 11.7 Å². The van der Waals surface area contributed by atoms with E-state index in [1.165, 1.54) is 6.07 Å². The number of nitrogens with one attached hydrogen (secondary N) is 1. The monoisotopic (exact) mass is 340 g/mol. The summed E-state index contributed by atoms with van der Waals surface area (Å²) < 4.78 is 13.7. The normalized spacial score (nSPS) is 17.9. The second kappa shape index (κ2) is 7.68. The molecule has 1 atom stereocenters. The first kappa shape index (κ1) is 17.5. The molecule has 0 saturated carbocycles. The van der Waals surface area contributed by atoms with Gasteiger partial charge in [-0.1, -0.05) is 37.1 Å². The number of rotatable bonds is 2. The number of benzene rings is 2. The molecule has 1 fully saturated rings. The van der Waals surface area contributed by atoms with E-state index in [4.69, 9.17) is 0 Å². The van der Waals surface area contributed by atoms with Crippen molar-refractivity contribution < 1.29 is 9.18 Å². The molecular weight excluding hydrogens is 315 g/mol. The number of aryl methyl sites for hydroxylation is 1. The van der Waals surface area contributed by atoms with Crippen LogP contribution in [0, 0.1) is 19.7 Å². The fourth-order valence-electron chi connectivity index (χ4n) is 3.49. The van der Waals surface area contributed by atoms with Crippen LogP contribution in [0.4, 0.5) is 14.9 Å². The number of carbonyl (C=O) groups is 1. The molecule has 0 unspecified atom stereocenters. The first-order valence-electron chi connectivity index (χ1n) is 8.95. The van der Waals surface area contributed by atoms with Gasteiger partial charge in [0.25, 0.3) is 0 Å². The van der Waals surface area contributed by atoms with Crippen molar-refractivity contribution in [3.05, 3.63) is 65.0 Å². The highest BCUT2D eigenvalue weighted by atomic mass is 19.1. The predicted molar refractivity (Wildman–Crippen MR) is 99.2 cm³/mol. The molecule has 0 aromatic heterocycles. The van der Waals surface area contributed by atoms with E-state index in [1.807, 2.05) is 43.0 Å². The van der Waals surface area contributed by atoms with Gasteiger partial charge in [-0.15, -0.1) is 0 Å². The Bertz CT molecular complexity index is 759. The van der Waals surface area contributed by atoms with Gasteiger partial charge in [0, 0.05) is 12.2 Å². The van der Waals surface area contributed by atoms with Crippen molar-refractivity contribution in [1.29, 1.82) is 0 Å². The highest BCUT2D eigenvalue weighted by molar-refractivity contribution is 5.90. The maximum atomic E-state index is 13.7. The lowest BCUT2D eigenvalue weighted by Gasteiger charge is -2.31. The summed E-state index contributed by atoms with van der Waals surface area (Å²) in [5.41, 5.74) is 3.94. The van der Waals surface area contributed by atoms with E-state index in [2.05, 4.69) is 5.32 Å². The molecule has 1 N–H and O–H groups in total. The minimum Gasteiger partial charge on any atom is -0.317 e. The molecule has 132 valence electrons. The number of carbonyl (C=O) groups excluding carboxylic acids is 1. The van der Waals surface area contributed by atoms with Gasteiger partial charge in [0.05, 0.1) is 6.04 Å². The van der Waals surface area contributed by atoms with E-state index < -0.39 is 0 Å². The molecule has 1 saturated heterocycles. The van der Waals surface area contributed by atoms with Crippen LogP contribution in [0.2, 0.25) is 0 Å². The van der Waals surface area contributed by atoms with Crippen LogP contribution in [0.25, 0.3) is 0 Å². The van der Waals surface area contributed by atoms with Crippen molar-refractivity contribution in [3.63, 3.8) is 0 Å². The minimum absolute atomic E-state index is 0.0803. The third-order valence-corrected chi connectivity index (χ3v) is 5.09. The van der Waals surface area contributed by atoms with Crippen LogP contribution >= 0.6 is 0 Å². The SMILES string of the molecule is Cc1cccc(NC(=O)N2CCCCC[C@@H]2c2cccc(F)c2)c1C. The molecule has 3 rings (SSSR count). The molecule has 0 bridgehead atoms. The average molecular weight is 340 g/mol. The molecule has 0 spiro atoms. The molecule has 2 amide bonds. The Morgan fingerprint density at radius 1 is 1.12 bits per heavy atom. The number of anilines is 1. The fraction of sp³-hybridized carbons (Fsp3) is 0.381. The predicted octanol–water partition coefficient (Wildman–Crippen LogP) is 5.59. The smallest absolute Gasteiger partial charge is 0.317 e. The Labute approximate surface area is 148 Å². The van der Waals surface area contributed by atoms with Crippen molar-refractivity contribution in [2.45, 2.75) is 45.6 Å². The average Bonchev–Trinajstić information content (AvgIpc) is 2.85. The van der Waals surface area contributed by atoms with Crippen LogP contribution in [0.3, 0.4) is 0 Å². The lowest BCUT2D eigenvalue weighted by Crippen LogP contribution is -2.38. The highest BCUT2D eigenvalue weighted by Gasteiger charge is 2.27. The number of halogens is 1. The van der Waals surface area contributed by atoms with Crippen LogP contribution in [-0.4, -0.2) is 17.5 Å². The first-order valence-corrected chi connectivity index (χ1v) is 8.95. The van der Waals surface area contributed by atoms with Gasteiger partial charge in [-0.05, 0) is 61.6 Å². The van der Waals surface area contributed by atoms with E-state index in [1.54, 1.807) is 12.1 Å². The van der Waals surface area contributed by atoms with E-state index in [0.29, 0.717) is 6.54 Å². The Hall–Kier alpha value is -2.36.